The predicted molar refractivity (Wildman–Crippen MR) is 51.7 cm³/mol. The molecular weight excluding hydrogens is 164 g/mol. The van der Waals surface area contributed by atoms with E-state index in [2.05, 4.69) is 5.32 Å². The van der Waals surface area contributed by atoms with Gasteiger partial charge < -0.3 is 9.88 Å². The molecule has 0 aliphatic carbocycles. The number of hydrogen-bond donors (Lipinski definition) is 1. The Kier molecular flexibility index (Phi) is 1.77. The van der Waals surface area contributed by atoms with E-state index in [-0.39, 0.29) is 5.56 Å². The van der Waals surface area contributed by atoms with Gasteiger partial charge in [0, 0.05) is 31.4 Å². The Bertz CT molecular complexity index is 418. The van der Waals surface area contributed by atoms with E-state index in [0.29, 0.717) is 0 Å². The Morgan fingerprint density at radius 2 is 1.92 bits per heavy atom. The van der Waals surface area contributed by atoms with Crippen molar-refractivity contribution in [3.63, 3.8) is 0 Å². The molecule has 0 saturated carbocycles. The van der Waals surface area contributed by atoms with E-state index in [1.165, 1.54) is 5.56 Å². The Balaban J connectivity index is 2.85. The monoisotopic (exact) mass is 178 g/mol. The summed E-state index contributed by atoms with van der Waals surface area (Å²) >= 11 is 0. The third-order valence-corrected chi connectivity index (χ3v) is 2.99. The van der Waals surface area contributed by atoms with Crippen molar-refractivity contribution >= 4 is 0 Å². The first kappa shape index (κ1) is 8.51. The first-order valence-electron chi connectivity index (χ1n) is 4.51. The van der Waals surface area contributed by atoms with Gasteiger partial charge in [0.2, 0.25) is 0 Å². The van der Waals surface area contributed by atoms with Crippen molar-refractivity contribution in [2.75, 3.05) is 0 Å². The average molecular weight is 178 g/mol. The van der Waals surface area contributed by atoms with Crippen LogP contribution in [0.3, 0.4) is 0 Å². The van der Waals surface area contributed by atoms with E-state index in [1.807, 2.05) is 20.9 Å². The number of nitrogens with zero attached hydrogens (tertiary/aromatic N) is 1. The quantitative estimate of drug-likeness (QED) is 0.631. The van der Waals surface area contributed by atoms with Crippen LogP contribution >= 0.6 is 0 Å². The number of fused-ring (bicyclic) bond motifs is 1. The van der Waals surface area contributed by atoms with Crippen LogP contribution in [0.4, 0.5) is 0 Å². The first-order chi connectivity index (χ1) is 6.13. The summed E-state index contributed by atoms with van der Waals surface area (Å²) in [5.74, 6) is 0. The normalized spacial score (nSPS) is 14.7. The highest BCUT2D eigenvalue weighted by molar-refractivity contribution is 5.37. The Morgan fingerprint density at radius 1 is 1.23 bits per heavy atom. The summed E-state index contributed by atoms with van der Waals surface area (Å²) in [4.78, 5) is 11.7. The van der Waals surface area contributed by atoms with Crippen molar-refractivity contribution in [1.82, 2.24) is 9.88 Å². The van der Waals surface area contributed by atoms with Crippen LogP contribution in [0.1, 0.15) is 22.4 Å². The molecule has 0 radical (unpaired) electrons. The molecule has 2 heterocycles. The lowest BCUT2D eigenvalue weighted by atomic mass is 10.0. The highest BCUT2D eigenvalue weighted by atomic mass is 16.1. The SMILES string of the molecule is Cc1c2c(n(C)c(=O)c1C)CNC2. The van der Waals surface area contributed by atoms with Gasteiger partial charge in [-0.1, -0.05) is 0 Å². The molecule has 0 unspecified atom stereocenters. The Labute approximate surface area is 77.4 Å². The molecule has 1 N–H and O–H groups in total. The second-order valence-electron chi connectivity index (χ2n) is 3.64. The largest absolute Gasteiger partial charge is 0.314 e. The average Bonchev–Trinajstić information content (AvgIpc) is 2.59. The molecule has 1 aromatic heterocycles. The van der Waals surface area contributed by atoms with Crippen LogP contribution in [0, 0.1) is 13.8 Å². The second-order valence-corrected chi connectivity index (χ2v) is 3.64. The van der Waals surface area contributed by atoms with Gasteiger partial charge >= 0.3 is 0 Å². The van der Waals surface area contributed by atoms with E-state index >= 15 is 0 Å². The van der Waals surface area contributed by atoms with Gasteiger partial charge in [-0.15, -0.1) is 0 Å². The molecule has 0 bridgehead atoms. The van der Waals surface area contributed by atoms with Crippen molar-refractivity contribution < 1.29 is 0 Å². The van der Waals surface area contributed by atoms with Crippen molar-refractivity contribution in [2.24, 2.45) is 7.05 Å². The second kappa shape index (κ2) is 2.70. The third-order valence-electron chi connectivity index (χ3n) is 2.99. The number of nitrogens with one attached hydrogen (secondary N) is 1. The molecule has 0 spiro atoms. The lowest BCUT2D eigenvalue weighted by Gasteiger charge is -2.10. The summed E-state index contributed by atoms with van der Waals surface area (Å²) in [7, 11) is 1.85. The highest BCUT2D eigenvalue weighted by Gasteiger charge is 2.18. The van der Waals surface area contributed by atoms with Crippen LogP contribution in [0.25, 0.3) is 0 Å². The minimum absolute atomic E-state index is 0.139. The van der Waals surface area contributed by atoms with Crippen LogP contribution in [-0.4, -0.2) is 4.57 Å². The smallest absolute Gasteiger partial charge is 0.253 e. The van der Waals surface area contributed by atoms with Crippen molar-refractivity contribution in [2.45, 2.75) is 26.9 Å². The molecule has 0 saturated heterocycles. The zero-order valence-corrected chi connectivity index (χ0v) is 8.27. The topological polar surface area (TPSA) is 34.0 Å². The number of hydrogen-bond acceptors (Lipinski definition) is 2. The number of pyridine rings is 1. The van der Waals surface area contributed by atoms with Gasteiger partial charge in [-0.25, -0.2) is 0 Å². The van der Waals surface area contributed by atoms with E-state index in [9.17, 15) is 4.79 Å². The van der Waals surface area contributed by atoms with Crippen molar-refractivity contribution in [1.29, 1.82) is 0 Å². The molecule has 2 rings (SSSR count). The maximum Gasteiger partial charge on any atom is 0.253 e. The summed E-state index contributed by atoms with van der Waals surface area (Å²) < 4.78 is 1.76. The summed E-state index contributed by atoms with van der Waals surface area (Å²) in [5, 5.41) is 3.26. The molecule has 1 aromatic rings. The van der Waals surface area contributed by atoms with Gasteiger partial charge in [-0.05, 0) is 25.0 Å². The van der Waals surface area contributed by atoms with Crippen LogP contribution < -0.4 is 10.9 Å². The standard InChI is InChI=1S/C10H14N2O/c1-6-7(2)10(13)12(3)9-5-11-4-8(6)9/h11H,4-5H2,1-3H3. The van der Waals surface area contributed by atoms with E-state index in [0.717, 1.165) is 29.9 Å². The van der Waals surface area contributed by atoms with Crippen LogP contribution in [0.5, 0.6) is 0 Å². The van der Waals surface area contributed by atoms with Gasteiger partial charge in [0.05, 0.1) is 0 Å². The molecule has 3 nitrogen and oxygen atoms in total. The molecule has 3 heteroatoms. The first-order valence-corrected chi connectivity index (χ1v) is 4.51. The maximum atomic E-state index is 11.7. The van der Waals surface area contributed by atoms with Gasteiger partial charge in [-0.3, -0.25) is 4.79 Å². The summed E-state index contributed by atoms with van der Waals surface area (Å²) in [6.45, 7) is 5.65. The summed E-state index contributed by atoms with van der Waals surface area (Å²) in [6.07, 6.45) is 0. The summed E-state index contributed by atoms with van der Waals surface area (Å²) in [6, 6.07) is 0. The van der Waals surface area contributed by atoms with Crippen molar-refractivity contribution in [3.8, 4) is 0 Å². The van der Waals surface area contributed by atoms with E-state index in [1.54, 1.807) is 4.57 Å². The van der Waals surface area contributed by atoms with Crippen LogP contribution in [0.15, 0.2) is 4.79 Å². The molecule has 13 heavy (non-hydrogen) atoms. The molecule has 0 aromatic carbocycles. The Morgan fingerprint density at radius 3 is 2.62 bits per heavy atom. The molecule has 0 amide bonds. The van der Waals surface area contributed by atoms with Gasteiger partial charge in [-0.2, -0.15) is 0 Å². The van der Waals surface area contributed by atoms with E-state index in [4.69, 9.17) is 0 Å². The molecule has 0 fully saturated rings. The minimum Gasteiger partial charge on any atom is -0.314 e. The van der Waals surface area contributed by atoms with Gasteiger partial charge in [0.1, 0.15) is 0 Å². The lowest BCUT2D eigenvalue weighted by Crippen LogP contribution is -2.24. The Hall–Kier alpha value is -1.09. The van der Waals surface area contributed by atoms with Crippen LogP contribution in [0.2, 0.25) is 0 Å². The summed E-state index contributed by atoms with van der Waals surface area (Å²) in [5.41, 5.74) is 4.63. The zero-order chi connectivity index (χ0) is 9.59. The molecule has 1 aliphatic rings. The number of rotatable bonds is 0. The van der Waals surface area contributed by atoms with Gasteiger partial charge in [0.15, 0.2) is 0 Å². The highest BCUT2D eigenvalue weighted by Crippen LogP contribution is 2.18. The predicted octanol–water partition coefficient (Wildman–Crippen LogP) is 0.605. The van der Waals surface area contributed by atoms with Gasteiger partial charge in [0.25, 0.3) is 5.56 Å². The fourth-order valence-electron chi connectivity index (χ4n) is 1.95. The van der Waals surface area contributed by atoms with Crippen LogP contribution in [-0.2, 0) is 20.1 Å². The fourth-order valence-corrected chi connectivity index (χ4v) is 1.95. The maximum absolute atomic E-state index is 11.7. The van der Waals surface area contributed by atoms with Crippen molar-refractivity contribution in [3.05, 3.63) is 32.7 Å². The third kappa shape index (κ3) is 1.04. The molecule has 0 atom stereocenters. The fraction of sp³-hybridized carbons (Fsp3) is 0.500. The molecule has 1 aliphatic heterocycles. The van der Waals surface area contributed by atoms with E-state index < -0.39 is 0 Å². The lowest BCUT2D eigenvalue weighted by molar-refractivity contribution is 0.718. The molecule has 70 valence electrons. The zero-order valence-electron chi connectivity index (χ0n) is 8.27. The minimum atomic E-state index is 0.139. The molecular formula is C10H14N2O. The number of aromatic nitrogens is 1.